The predicted octanol–water partition coefficient (Wildman–Crippen LogP) is -0.0617. The van der Waals surface area contributed by atoms with Crippen molar-refractivity contribution < 1.29 is 19.4 Å². The predicted molar refractivity (Wildman–Crippen MR) is 52.1 cm³/mol. The van der Waals surface area contributed by atoms with Crippen LogP contribution in [0.4, 0.5) is 4.79 Å². The van der Waals surface area contributed by atoms with Gasteiger partial charge in [-0.15, -0.1) is 0 Å². The second-order valence-corrected chi connectivity index (χ2v) is 3.72. The molecule has 3 atom stereocenters. The van der Waals surface area contributed by atoms with Crippen molar-refractivity contribution >= 4 is 23.8 Å². The molecule has 1 aliphatic rings. The van der Waals surface area contributed by atoms with Crippen LogP contribution in [0, 0.1) is 5.92 Å². The molecular formula is C8H13NO4S. The van der Waals surface area contributed by atoms with E-state index in [1.54, 1.807) is 0 Å². The lowest BCUT2D eigenvalue weighted by molar-refractivity contribution is -0.145. The summed E-state index contributed by atoms with van der Waals surface area (Å²) < 4.78 is 4.55. The van der Waals surface area contributed by atoms with E-state index in [2.05, 4.69) is 22.7 Å². The smallest absolute Gasteiger partial charge is 0.308 e. The van der Waals surface area contributed by atoms with Crippen molar-refractivity contribution in [3.63, 3.8) is 0 Å². The zero-order valence-corrected chi connectivity index (χ0v) is 8.66. The number of carbonyl (C=O) groups excluding carboxylic acids is 2. The van der Waals surface area contributed by atoms with E-state index in [1.807, 2.05) is 0 Å². The zero-order chi connectivity index (χ0) is 10.7. The number of hydrogen-bond acceptors (Lipinski definition) is 4. The van der Waals surface area contributed by atoms with Gasteiger partial charge >= 0.3 is 5.97 Å². The number of rotatable bonds is 2. The molecule has 0 saturated heterocycles. The Morgan fingerprint density at radius 3 is 2.64 bits per heavy atom. The van der Waals surface area contributed by atoms with Crippen LogP contribution < -0.4 is 5.32 Å². The van der Waals surface area contributed by atoms with Gasteiger partial charge in [-0.2, -0.15) is 0 Å². The minimum atomic E-state index is -0.699. The molecule has 0 radical (unpaired) electrons. The minimum Gasteiger partial charge on any atom is -0.469 e. The molecule has 0 spiro atoms. The van der Waals surface area contributed by atoms with Crippen LogP contribution in [0.15, 0.2) is 0 Å². The lowest BCUT2D eigenvalue weighted by Crippen LogP contribution is -2.37. The van der Waals surface area contributed by atoms with E-state index in [4.69, 9.17) is 0 Å². The van der Waals surface area contributed by atoms with Gasteiger partial charge in [0.1, 0.15) is 0 Å². The summed E-state index contributed by atoms with van der Waals surface area (Å²) >= 11 is 3.54. The summed E-state index contributed by atoms with van der Waals surface area (Å²) in [6.07, 6.45) is 0.0288. The fraction of sp³-hybridized carbons (Fsp3) is 0.750. The van der Waals surface area contributed by atoms with Crippen LogP contribution in [0.2, 0.25) is 0 Å². The Balaban J connectivity index is 2.51. The van der Waals surface area contributed by atoms with Crippen LogP contribution in [0.5, 0.6) is 0 Å². The molecule has 0 bridgehead atoms. The standard InChI is InChI=1S/C8H13NO4S/c1-13-7(11)4-2-5(6(10)3-4)9-8(12)14/h4-6,10H,2-3H2,1H3,(H2,9,12,14). The fourth-order valence-electron chi connectivity index (χ4n) is 1.69. The summed E-state index contributed by atoms with van der Waals surface area (Å²) in [5.41, 5.74) is 0. The SMILES string of the molecule is COC(=O)C1CC(O)C(NC(=O)S)C1. The number of thiol groups is 1. The van der Waals surface area contributed by atoms with Crippen molar-refractivity contribution in [2.24, 2.45) is 5.92 Å². The maximum Gasteiger partial charge on any atom is 0.308 e. The van der Waals surface area contributed by atoms with E-state index in [1.165, 1.54) is 7.11 Å². The molecule has 0 aromatic rings. The van der Waals surface area contributed by atoms with Crippen molar-refractivity contribution in [1.29, 1.82) is 0 Å². The van der Waals surface area contributed by atoms with E-state index in [0.717, 1.165) is 0 Å². The molecule has 1 fully saturated rings. The molecule has 0 aliphatic heterocycles. The monoisotopic (exact) mass is 219 g/mol. The number of amides is 1. The number of carbonyl (C=O) groups is 2. The molecule has 2 N–H and O–H groups in total. The first-order valence-corrected chi connectivity index (χ1v) is 4.74. The molecule has 14 heavy (non-hydrogen) atoms. The normalized spacial score (nSPS) is 31.2. The van der Waals surface area contributed by atoms with Gasteiger partial charge < -0.3 is 15.2 Å². The molecule has 1 aliphatic carbocycles. The van der Waals surface area contributed by atoms with Crippen LogP contribution in [-0.2, 0) is 9.53 Å². The highest BCUT2D eigenvalue weighted by molar-refractivity contribution is 7.96. The maximum atomic E-state index is 11.1. The second-order valence-electron chi connectivity index (χ2n) is 3.31. The Morgan fingerprint density at radius 2 is 2.14 bits per heavy atom. The highest BCUT2D eigenvalue weighted by atomic mass is 32.1. The largest absolute Gasteiger partial charge is 0.469 e. The van der Waals surface area contributed by atoms with Gasteiger partial charge in [0.2, 0.25) is 0 Å². The third-order valence-electron chi connectivity index (χ3n) is 2.37. The Kier molecular flexibility index (Phi) is 3.77. The molecule has 1 rings (SSSR count). The molecule has 1 saturated carbocycles. The minimum absolute atomic E-state index is 0.325. The van der Waals surface area contributed by atoms with Crippen LogP contribution >= 0.6 is 12.6 Å². The lowest BCUT2D eigenvalue weighted by Gasteiger charge is -2.13. The van der Waals surface area contributed by atoms with Gasteiger partial charge in [0, 0.05) is 0 Å². The summed E-state index contributed by atoms with van der Waals surface area (Å²) in [5.74, 6) is -0.680. The van der Waals surface area contributed by atoms with Crippen molar-refractivity contribution in [3.8, 4) is 0 Å². The Bertz CT molecular complexity index is 245. The number of aliphatic hydroxyl groups is 1. The van der Waals surface area contributed by atoms with Gasteiger partial charge in [-0.1, -0.05) is 12.6 Å². The van der Waals surface area contributed by atoms with E-state index < -0.39 is 17.4 Å². The lowest BCUT2D eigenvalue weighted by atomic mass is 10.1. The van der Waals surface area contributed by atoms with Gasteiger partial charge in [0.05, 0.1) is 25.2 Å². The third kappa shape index (κ3) is 2.62. The third-order valence-corrected chi connectivity index (χ3v) is 2.50. The first kappa shape index (κ1) is 11.3. The molecule has 1 amide bonds. The van der Waals surface area contributed by atoms with Crippen LogP contribution in [-0.4, -0.2) is 35.6 Å². The Morgan fingerprint density at radius 1 is 1.50 bits per heavy atom. The van der Waals surface area contributed by atoms with Gasteiger partial charge in [0.25, 0.3) is 5.24 Å². The topological polar surface area (TPSA) is 75.6 Å². The van der Waals surface area contributed by atoms with Crippen molar-refractivity contribution in [1.82, 2.24) is 5.32 Å². The van der Waals surface area contributed by atoms with Crippen molar-refractivity contribution in [3.05, 3.63) is 0 Å². The Labute approximate surface area is 87.2 Å². The van der Waals surface area contributed by atoms with Gasteiger partial charge in [-0.25, -0.2) is 0 Å². The van der Waals surface area contributed by atoms with E-state index in [0.29, 0.717) is 12.8 Å². The average Bonchev–Trinajstić information content (AvgIpc) is 2.46. The van der Waals surface area contributed by atoms with Gasteiger partial charge in [-0.3, -0.25) is 9.59 Å². The molecule has 80 valence electrons. The molecular weight excluding hydrogens is 206 g/mol. The average molecular weight is 219 g/mol. The summed E-state index contributed by atoms with van der Waals surface area (Å²) in [6, 6.07) is -0.399. The first-order valence-electron chi connectivity index (χ1n) is 4.30. The number of aliphatic hydroxyl groups excluding tert-OH is 1. The van der Waals surface area contributed by atoms with E-state index in [9.17, 15) is 14.7 Å². The van der Waals surface area contributed by atoms with Crippen LogP contribution in [0.25, 0.3) is 0 Å². The number of methoxy groups -OCH3 is 1. The Hall–Kier alpha value is -0.750. The zero-order valence-electron chi connectivity index (χ0n) is 7.77. The molecule has 0 aromatic heterocycles. The number of ether oxygens (including phenoxy) is 1. The molecule has 0 aromatic carbocycles. The van der Waals surface area contributed by atoms with Gasteiger partial charge in [-0.05, 0) is 12.8 Å². The van der Waals surface area contributed by atoms with Gasteiger partial charge in [0.15, 0.2) is 0 Å². The summed E-state index contributed by atoms with van der Waals surface area (Å²) in [4.78, 5) is 21.7. The number of nitrogens with one attached hydrogen (secondary N) is 1. The molecule has 0 heterocycles. The molecule has 3 unspecified atom stereocenters. The fourth-order valence-corrected chi connectivity index (χ4v) is 1.85. The number of hydrogen-bond donors (Lipinski definition) is 3. The quantitative estimate of drug-likeness (QED) is 0.449. The van der Waals surface area contributed by atoms with Crippen LogP contribution in [0.3, 0.4) is 0 Å². The summed E-state index contributed by atoms with van der Waals surface area (Å²) in [6.45, 7) is 0. The number of esters is 1. The van der Waals surface area contributed by atoms with Crippen molar-refractivity contribution in [2.45, 2.75) is 25.0 Å². The van der Waals surface area contributed by atoms with E-state index >= 15 is 0 Å². The molecule has 5 nitrogen and oxygen atoms in total. The van der Waals surface area contributed by atoms with Crippen LogP contribution in [0.1, 0.15) is 12.8 Å². The molecule has 6 heteroatoms. The summed E-state index contributed by atoms with van der Waals surface area (Å²) in [7, 11) is 1.30. The highest BCUT2D eigenvalue weighted by Crippen LogP contribution is 2.27. The van der Waals surface area contributed by atoms with E-state index in [-0.39, 0.29) is 11.9 Å². The van der Waals surface area contributed by atoms with Crippen molar-refractivity contribution in [2.75, 3.05) is 7.11 Å². The summed E-state index contributed by atoms with van der Waals surface area (Å²) in [5, 5.41) is 11.5. The second kappa shape index (κ2) is 4.65. The highest BCUT2D eigenvalue weighted by Gasteiger charge is 2.37. The first-order chi connectivity index (χ1) is 6.54. The maximum absolute atomic E-state index is 11.1.